The highest BCUT2D eigenvalue weighted by Crippen LogP contribution is 2.33. The van der Waals surface area contributed by atoms with E-state index < -0.39 is 12.3 Å². The maximum atomic E-state index is 12.6. The number of benzene rings is 5. The number of carbonyl (C=O) groups excluding carboxylic acids is 2. The molecule has 19 heteroatoms. The van der Waals surface area contributed by atoms with Crippen LogP contribution in [0.15, 0.2) is 160 Å². The molecule has 0 atom stereocenters. The van der Waals surface area contributed by atoms with Crippen LogP contribution in [0, 0.1) is 0 Å². The summed E-state index contributed by atoms with van der Waals surface area (Å²) in [6.45, 7) is 16.0. The first-order valence-electron chi connectivity index (χ1n) is 30.4. The van der Waals surface area contributed by atoms with Gasteiger partial charge in [-0.3, -0.25) is 28.5 Å². The van der Waals surface area contributed by atoms with E-state index in [1.807, 2.05) is 49.4 Å². The van der Waals surface area contributed by atoms with E-state index in [1.165, 1.54) is 52.8 Å². The Balaban J connectivity index is 0.000000210. The third-order valence-electron chi connectivity index (χ3n) is 15.4. The zero-order valence-electron chi connectivity index (χ0n) is 49.9. The minimum absolute atomic E-state index is 0. The van der Waals surface area contributed by atoms with Crippen LogP contribution in [-0.2, 0) is 27.7 Å². The van der Waals surface area contributed by atoms with Crippen molar-refractivity contribution in [1.29, 1.82) is 0 Å². The number of ether oxygens (including phenoxy) is 6. The standard InChI is InChI=1S/C33H33N3O5S.C31H37N3O5S.C4H10O.CH4/c37-32-14-12-25-11-13-27(23-30(25)36(32)24-40-33(38)41-26-7-2-1-3-8-26)39-21-5-4-16-34-17-19-35(20-18-34)29-9-6-10-31-28(29)15-22-42-31;1-2-3-19-38-31(36)39-23-34-28-22-25(11-9-24(28)10-12-30(34)35)37-20-5-4-14-32-15-17-33(18-16-32)27-7-6-8-29-26(27)13-21-40-29;1-2-3-4-5;/h1-3,6-15,22-23H,4-5,16-21,24H2;6-13,21-22H,2-5,14-20,23H2,1H3;5H,2-4H2,1H3;1H4. The molecule has 0 aliphatic carbocycles. The van der Waals surface area contributed by atoms with Crippen molar-refractivity contribution >= 4 is 88.3 Å². The van der Waals surface area contributed by atoms with Gasteiger partial charge in [0, 0.05) is 115 Å². The molecule has 0 bridgehead atoms. The average molecular weight is 1240 g/mol. The van der Waals surface area contributed by atoms with Gasteiger partial charge >= 0.3 is 12.3 Å². The number of thiophene rings is 2. The largest absolute Gasteiger partial charge is 0.515 e. The summed E-state index contributed by atoms with van der Waals surface area (Å²) in [5.41, 5.74) is 3.45. The van der Waals surface area contributed by atoms with Gasteiger partial charge in [0.05, 0.1) is 30.9 Å². The molecule has 0 radical (unpaired) electrons. The van der Waals surface area contributed by atoms with Crippen molar-refractivity contribution in [3.05, 3.63) is 171 Å². The van der Waals surface area contributed by atoms with Crippen LogP contribution in [-0.4, -0.2) is 128 Å². The first-order chi connectivity index (χ1) is 42.7. The smallest absolute Gasteiger partial charge is 0.494 e. The van der Waals surface area contributed by atoms with Crippen molar-refractivity contribution in [2.45, 2.75) is 86.1 Å². The quantitative estimate of drug-likeness (QED) is 0.0345. The zero-order valence-corrected chi connectivity index (χ0v) is 51.6. The van der Waals surface area contributed by atoms with Gasteiger partial charge < -0.3 is 43.3 Å². The molecule has 2 fully saturated rings. The Morgan fingerprint density at radius 1 is 0.477 bits per heavy atom. The van der Waals surface area contributed by atoms with E-state index in [2.05, 4.69) is 85.8 Å². The fourth-order valence-corrected chi connectivity index (χ4v) is 12.1. The number of nitrogens with zero attached hydrogens (tertiary/aromatic N) is 6. The molecule has 468 valence electrons. The number of rotatable bonds is 24. The highest BCUT2D eigenvalue weighted by Gasteiger charge is 2.21. The van der Waals surface area contributed by atoms with Crippen LogP contribution >= 0.6 is 22.7 Å². The lowest BCUT2D eigenvalue weighted by Gasteiger charge is -2.36. The van der Waals surface area contributed by atoms with Crippen LogP contribution in [0.3, 0.4) is 0 Å². The van der Waals surface area contributed by atoms with Crippen molar-refractivity contribution in [1.82, 2.24) is 18.9 Å². The Morgan fingerprint density at radius 3 is 1.42 bits per heavy atom. The SMILES string of the molecule is C.CCCCO.CCCCOC(=O)OCn1c(=O)ccc2ccc(OCCCCN3CCN(c4cccc5sccc45)CC3)cc21.O=C(OCn1c(=O)ccc2ccc(OCCCCN3CCN(c4cccc5sccc45)CC3)cc21)Oc1ccccc1. The van der Waals surface area contributed by atoms with E-state index in [0.29, 0.717) is 54.7 Å². The van der Waals surface area contributed by atoms with E-state index in [-0.39, 0.29) is 32.0 Å². The third kappa shape index (κ3) is 18.8. The molecule has 4 aromatic heterocycles. The molecule has 88 heavy (non-hydrogen) atoms. The van der Waals surface area contributed by atoms with Crippen molar-refractivity contribution in [3.63, 3.8) is 0 Å². The summed E-state index contributed by atoms with van der Waals surface area (Å²) in [4.78, 5) is 59.2. The molecular weight excluding hydrogens is 1150 g/mol. The normalized spacial score (nSPS) is 13.5. The molecule has 5 aromatic carbocycles. The monoisotopic (exact) mass is 1240 g/mol. The summed E-state index contributed by atoms with van der Waals surface area (Å²) in [5, 5.41) is 16.8. The molecule has 9 aromatic rings. The number of carbonyl (C=O) groups is 2. The summed E-state index contributed by atoms with van der Waals surface area (Å²) in [6.07, 6.45) is 6.07. The lowest BCUT2D eigenvalue weighted by atomic mass is 10.2. The number of hydrogen-bond donors (Lipinski definition) is 1. The number of pyridine rings is 2. The number of aliphatic hydroxyl groups excluding tert-OH is 1. The van der Waals surface area contributed by atoms with E-state index in [4.69, 9.17) is 33.5 Å². The highest BCUT2D eigenvalue weighted by molar-refractivity contribution is 7.17. The van der Waals surface area contributed by atoms with E-state index in [0.717, 1.165) is 128 Å². The van der Waals surface area contributed by atoms with Crippen LogP contribution in [0.4, 0.5) is 21.0 Å². The maximum absolute atomic E-state index is 12.6. The lowest BCUT2D eigenvalue weighted by Crippen LogP contribution is -2.46. The Bertz CT molecular complexity index is 3720. The summed E-state index contributed by atoms with van der Waals surface area (Å²) in [7, 11) is 0. The number of unbranched alkanes of at least 4 members (excludes halogenated alkanes) is 4. The van der Waals surface area contributed by atoms with Crippen LogP contribution in [0.1, 0.15) is 72.6 Å². The molecule has 2 aliphatic rings. The number of para-hydroxylation sites is 1. The Morgan fingerprint density at radius 2 is 0.955 bits per heavy atom. The number of hydrogen-bond acceptors (Lipinski definition) is 17. The Kier molecular flexibility index (Phi) is 25.9. The molecule has 0 amide bonds. The van der Waals surface area contributed by atoms with Gasteiger partial charge in [0.25, 0.3) is 11.1 Å². The molecule has 1 N–H and O–H groups in total. The minimum Gasteiger partial charge on any atom is -0.494 e. The first kappa shape index (κ1) is 66.0. The molecular formula is C69H84N6O11S2. The number of fused-ring (bicyclic) bond motifs is 4. The third-order valence-corrected chi connectivity index (χ3v) is 17.1. The molecule has 2 saturated heterocycles. The van der Waals surface area contributed by atoms with Gasteiger partial charge in [-0.15, -0.1) is 22.7 Å². The van der Waals surface area contributed by atoms with Crippen LogP contribution < -0.4 is 35.1 Å². The van der Waals surface area contributed by atoms with Crippen LogP contribution in [0.2, 0.25) is 0 Å². The summed E-state index contributed by atoms with van der Waals surface area (Å²) in [5.74, 6) is 1.73. The van der Waals surface area contributed by atoms with Gasteiger partial charge in [-0.2, -0.15) is 0 Å². The second-order valence-electron chi connectivity index (χ2n) is 21.4. The summed E-state index contributed by atoms with van der Waals surface area (Å²) in [6, 6.07) is 44.0. The topological polar surface area (TPSA) is 167 Å². The summed E-state index contributed by atoms with van der Waals surface area (Å²) < 4.78 is 38.2. The Labute approximate surface area is 523 Å². The van der Waals surface area contributed by atoms with Gasteiger partial charge in [-0.25, -0.2) is 9.59 Å². The van der Waals surface area contributed by atoms with E-state index >= 15 is 0 Å². The van der Waals surface area contributed by atoms with Crippen molar-refractivity contribution in [2.24, 2.45) is 0 Å². The van der Waals surface area contributed by atoms with Crippen LogP contribution in [0.25, 0.3) is 42.0 Å². The highest BCUT2D eigenvalue weighted by atomic mass is 32.1. The van der Waals surface area contributed by atoms with Crippen molar-refractivity contribution in [3.8, 4) is 17.2 Å². The molecule has 11 rings (SSSR count). The molecule has 6 heterocycles. The average Bonchev–Trinajstić information content (AvgIpc) is 2.88. The molecule has 0 spiro atoms. The molecule has 2 aliphatic heterocycles. The summed E-state index contributed by atoms with van der Waals surface area (Å²) >= 11 is 3.60. The molecule has 0 unspecified atom stereocenters. The minimum atomic E-state index is -0.876. The first-order valence-corrected chi connectivity index (χ1v) is 32.1. The number of anilines is 2. The van der Waals surface area contributed by atoms with Gasteiger partial charge in [0.2, 0.25) is 0 Å². The fourth-order valence-electron chi connectivity index (χ4n) is 10.5. The van der Waals surface area contributed by atoms with E-state index in [1.54, 1.807) is 59.1 Å². The van der Waals surface area contributed by atoms with Crippen molar-refractivity contribution in [2.75, 3.05) is 102 Å². The number of piperazine rings is 2. The van der Waals surface area contributed by atoms with E-state index in [9.17, 15) is 19.2 Å². The van der Waals surface area contributed by atoms with Gasteiger partial charge in [0.15, 0.2) is 13.5 Å². The van der Waals surface area contributed by atoms with Crippen LogP contribution in [0.5, 0.6) is 17.2 Å². The lowest BCUT2D eigenvalue weighted by molar-refractivity contribution is 0.0334. The number of aliphatic hydroxyl groups is 1. The second kappa shape index (κ2) is 34.6. The predicted molar refractivity (Wildman–Crippen MR) is 356 cm³/mol. The number of aromatic nitrogens is 2. The van der Waals surface area contributed by atoms with Gasteiger partial charge in [-0.05, 0) is 158 Å². The zero-order chi connectivity index (χ0) is 60.6. The maximum Gasteiger partial charge on any atom is 0.515 e. The molecule has 0 saturated carbocycles. The predicted octanol–water partition coefficient (Wildman–Crippen LogP) is 13.9. The van der Waals surface area contributed by atoms with Crippen molar-refractivity contribution < 1.29 is 43.1 Å². The van der Waals surface area contributed by atoms with Gasteiger partial charge in [0.1, 0.15) is 17.2 Å². The molecule has 17 nitrogen and oxygen atoms in total. The second-order valence-corrected chi connectivity index (χ2v) is 23.3. The van der Waals surface area contributed by atoms with Gasteiger partial charge in [-0.1, -0.05) is 64.4 Å². The fraction of sp³-hybridized carbons (Fsp3) is 0.391. The Hall–Kier alpha value is -7.94.